The smallest absolute Gasteiger partial charge is 0.230 e. The zero-order chi connectivity index (χ0) is 9.12. The fourth-order valence-corrected chi connectivity index (χ4v) is 4.22. The molecule has 66 valence electrons. The first kappa shape index (κ1) is 11.6. The quantitative estimate of drug-likeness (QED) is 0.676. The Morgan fingerprint density at radius 3 is 1.18 bits per heavy atom. The lowest BCUT2D eigenvalue weighted by Crippen LogP contribution is -2.55. The highest BCUT2D eigenvalue weighted by Gasteiger charge is 2.16. The second-order valence-electron chi connectivity index (χ2n) is 4.88. The van der Waals surface area contributed by atoms with Crippen molar-refractivity contribution < 1.29 is 0 Å². The van der Waals surface area contributed by atoms with Crippen molar-refractivity contribution in [1.82, 2.24) is 9.30 Å². The fourth-order valence-electron chi connectivity index (χ4n) is 0.406. The van der Waals surface area contributed by atoms with E-state index >= 15 is 0 Å². The summed E-state index contributed by atoms with van der Waals surface area (Å²) in [5.74, 6) is 0. The molecule has 0 bridgehead atoms. The van der Waals surface area contributed by atoms with Crippen molar-refractivity contribution in [2.75, 3.05) is 0 Å². The summed E-state index contributed by atoms with van der Waals surface area (Å²) in [5.41, 5.74) is 0. The molecular formula is C6H20N2Si3. The van der Waals surface area contributed by atoms with E-state index in [1.807, 2.05) is 0 Å². The van der Waals surface area contributed by atoms with Crippen LogP contribution in [0.5, 0.6) is 0 Å². The molecule has 5 heteroatoms. The van der Waals surface area contributed by atoms with Crippen molar-refractivity contribution in [1.29, 1.82) is 0 Å². The lowest BCUT2D eigenvalue weighted by molar-refractivity contribution is 1.30. The van der Waals surface area contributed by atoms with Crippen LogP contribution in [0.15, 0.2) is 0 Å². The molecular weight excluding hydrogens is 184 g/mol. The maximum atomic E-state index is 3.57. The van der Waals surface area contributed by atoms with Crippen LogP contribution < -0.4 is 9.30 Å². The van der Waals surface area contributed by atoms with Crippen molar-refractivity contribution in [2.24, 2.45) is 0 Å². The van der Waals surface area contributed by atoms with Crippen molar-refractivity contribution >= 4 is 26.3 Å². The second-order valence-corrected chi connectivity index (χ2v) is 16.1. The third-order valence-corrected chi connectivity index (χ3v) is 7.88. The monoisotopic (exact) mass is 204 g/mol. The minimum atomic E-state index is -1.03. The van der Waals surface area contributed by atoms with Crippen LogP contribution in [0, 0.1) is 0 Å². The molecule has 2 nitrogen and oxygen atoms in total. The third-order valence-electron chi connectivity index (χ3n) is 0.875. The first-order valence-corrected chi connectivity index (χ1v) is 12.0. The van der Waals surface area contributed by atoms with Gasteiger partial charge in [0.05, 0.1) is 0 Å². The molecule has 11 heavy (non-hydrogen) atoms. The van der Waals surface area contributed by atoms with Gasteiger partial charge in [0.2, 0.25) is 9.84 Å². The van der Waals surface area contributed by atoms with Gasteiger partial charge in [-0.1, -0.05) is 39.3 Å². The number of hydrogen-bond donors (Lipinski definition) is 2. The standard InChI is InChI=1S/C6H20N2Si3/c1-10(2,3)7-9-8-11(4,5)6/h7-8H,1-6H3. The lowest BCUT2D eigenvalue weighted by Gasteiger charge is -2.22. The maximum Gasteiger partial charge on any atom is 0.230 e. The zero-order valence-corrected chi connectivity index (χ0v) is 11.5. The van der Waals surface area contributed by atoms with Gasteiger partial charge in [0, 0.05) is 0 Å². The molecule has 0 saturated carbocycles. The van der Waals surface area contributed by atoms with Crippen LogP contribution in [0.2, 0.25) is 39.3 Å². The molecule has 0 spiro atoms. The van der Waals surface area contributed by atoms with Gasteiger partial charge in [-0.25, -0.2) is 0 Å². The van der Waals surface area contributed by atoms with E-state index in [4.69, 9.17) is 0 Å². The van der Waals surface area contributed by atoms with Crippen LogP contribution in [-0.4, -0.2) is 26.3 Å². The molecule has 2 N–H and O–H groups in total. The van der Waals surface area contributed by atoms with Gasteiger partial charge >= 0.3 is 0 Å². The predicted molar refractivity (Wildman–Crippen MR) is 58.7 cm³/mol. The molecule has 0 amide bonds. The van der Waals surface area contributed by atoms with Gasteiger partial charge in [-0.05, 0) is 0 Å². The van der Waals surface area contributed by atoms with Crippen LogP contribution in [0.3, 0.4) is 0 Å². The average Bonchev–Trinajstić information content (AvgIpc) is 1.55. The first-order valence-electron chi connectivity index (χ1n) is 4.00. The maximum absolute atomic E-state index is 3.57. The molecule has 0 unspecified atom stereocenters. The molecule has 0 heterocycles. The third kappa shape index (κ3) is 10.6. The largest absolute Gasteiger partial charge is 0.348 e. The molecule has 0 aliphatic carbocycles. The van der Waals surface area contributed by atoms with Crippen molar-refractivity contribution in [3.8, 4) is 0 Å². The summed E-state index contributed by atoms with van der Waals surface area (Å²) in [6, 6.07) is 0. The Morgan fingerprint density at radius 2 is 1.00 bits per heavy atom. The molecule has 0 aromatic carbocycles. The van der Waals surface area contributed by atoms with Crippen LogP contribution in [0.4, 0.5) is 0 Å². The molecule has 0 saturated heterocycles. The molecule has 0 aromatic heterocycles. The summed E-state index contributed by atoms with van der Waals surface area (Å²) < 4.78 is 7.14. The molecule has 0 fully saturated rings. The number of hydrogen-bond acceptors (Lipinski definition) is 2. The van der Waals surface area contributed by atoms with Gasteiger partial charge in [-0.2, -0.15) is 0 Å². The molecule has 0 rings (SSSR count). The highest BCUT2D eigenvalue weighted by atomic mass is 28.4. The van der Waals surface area contributed by atoms with Crippen LogP contribution in [0.25, 0.3) is 0 Å². The van der Waals surface area contributed by atoms with Crippen molar-refractivity contribution in [2.45, 2.75) is 39.3 Å². The van der Waals surface area contributed by atoms with Gasteiger partial charge in [0.1, 0.15) is 16.5 Å². The van der Waals surface area contributed by atoms with E-state index in [9.17, 15) is 0 Å². The number of rotatable bonds is 4. The summed E-state index contributed by atoms with van der Waals surface area (Å²) in [7, 11) is -1.31. The Balaban J connectivity index is 3.44. The van der Waals surface area contributed by atoms with Crippen molar-refractivity contribution in [3.05, 3.63) is 0 Å². The van der Waals surface area contributed by atoms with Gasteiger partial charge in [0.25, 0.3) is 0 Å². The summed E-state index contributed by atoms with van der Waals surface area (Å²) in [6.07, 6.45) is 0. The van der Waals surface area contributed by atoms with E-state index in [-0.39, 0.29) is 0 Å². The Bertz CT molecular complexity index is 100.0. The SMILES string of the molecule is C[Si](C)(C)N[Si]N[Si](C)(C)C. The van der Waals surface area contributed by atoms with E-state index in [2.05, 4.69) is 48.6 Å². The second kappa shape index (κ2) is 3.99. The lowest BCUT2D eigenvalue weighted by atomic mass is 11.8. The average molecular weight is 204 g/mol. The topological polar surface area (TPSA) is 24.1 Å². The van der Waals surface area contributed by atoms with Gasteiger partial charge < -0.3 is 9.30 Å². The fraction of sp³-hybridized carbons (Fsp3) is 1.00. The van der Waals surface area contributed by atoms with E-state index < -0.39 is 16.5 Å². The van der Waals surface area contributed by atoms with Crippen LogP contribution in [0.1, 0.15) is 0 Å². The molecule has 2 radical (unpaired) electrons. The minimum absolute atomic E-state index is 0.758. The summed E-state index contributed by atoms with van der Waals surface area (Å²) in [5, 5.41) is 0. The Kier molecular flexibility index (Phi) is 4.20. The highest BCUT2D eigenvalue weighted by Crippen LogP contribution is 1.94. The summed E-state index contributed by atoms with van der Waals surface area (Å²) >= 11 is 0. The Hall–Kier alpha value is 0.571. The highest BCUT2D eigenvalue weighted by molar-refractivity contribution is 6.84. The molecule has 0 aliphatic rings. The Morgan fingerprint density at radius 1 is 0.727 bits per heavy atom. The predicted octanol–water partition coefficient (Wildman–Crippen LogP) is 1.37. The van der Waals surface area contributed by atoms with E-state index in [1.54, 1.807) is 0 Å². The Labute approximate surface area is 75.3 Å². The van der Waals surface area contributed by atoms with E-state index in [0.717, 1.165) is 9.84 Å². The first-order chi connectivity index (χ1) is 4.71. The molecule has 0 aliphatic heterocycles. The van der Waals surface area contributed by atoms with Gasteiger partial charge in [0.15, 0.2) is 0 Å². The normalized spacial score (nSPS) is 13.6. The van der Waals surface area contributed by atoms with Gasteiger partial charge in [-0.3, -0.25) is 0 Å². The summed E-state index contributed by atoms with van der Waals surface area (Å²) in [6.45, 7) is 14.0. The van der Waals surface area contributed by atoms with Crippen LogP contribution in [-0.2, 0) is 0 Å². The van der Waals surface area contributed by atoms with Crippen LogP contribution >= 0.6 is 0 Å². The zero-order valence-electron chi connectivity index (χ0n) is 8.50. The van der Waals surface area contributed by atoms with E-state index in [0.29, 0.717) is 0 Å². The van der Waals surface area contributed by atoms with E-state index in [1.165, 1.54) is 0 Å². The molecule has 0 aromatic rings. The molecule has 0 atom stereocenters. The minimum Gasteiger partial charge on any atom is -0.348 e. The number of nitrogens with one attached hydrogen (secondary N) is 2. The van der Waals surface area contributed by atoms with Crippen molar-refractivity contribution in [3.63, 3.8) is 0 Å². The summed E-state index contributed by atoms with van der Waals surface area (Å²) in [4.78, 5) is 0. The van der Waals surface area contributed by atoms with Gasteiger partial charge in [-0.15, -0.1) is 0 Å².